The van der Waals surface area contributed by atoms with Crippen LogP contribution in [-0.4, -0.2) is 80.6 Å². The SMILES string of the molecule is CC/C=C/C/C=C/C/C=C/C/C=C/CCCCCCCCCC(=O)OCC(COCCC(C(=O)O)[N+](C)(C)C)OC(=O)CCCCCCCCC/C=C/C/C=C/CC. The lowest BCUT2D eigenvalue weighted by Gasteiger charge is -2.31. The summed E-state index contributed by atoms with van der Waals surface area (Å²) in [6.07, 6.45) is 50.8. The van der Waals surface area contributed by atoms with E-state index in [1.54, 1.807) is 0 Å². The molecule has 2 unspecified atom stereocenters. The van der Waals surface area contributed by atoms with E-state index in [2.05, 4.69) is 86.8 Å². The van der Waals surface area contributed by atoms with Gasteiger partial charge in [-0.15, -0.1) is 0 Å². The van der Waals surface area contributed by atoms with Crippen LogP contribution in [0.2, 0.25) is 0 Å². The highest BCUT2D eigenvalue weighted by molar-refractivity contribution is 5.72. The maximum atomic E-state index is 12.7. The van der Waals surface area contributed by atoms with Crippen molar-refractivity contribution < 1.29 is 38.2 Å². The summed E-state index contributed by atoms with van der Waals surface area (Å²) in [5.74, 6) is -1.50. The van der Waals surface area contributed by atoms with Crippen LogP contribution in [-0.2, 0) is 28.6 Å². The number of carboxylic acids is 1. The molecule has 8 nitrogen and oxygen atoms in total. The van der Waals surface area contributed by atoms with Crippen molar-refractivity contribution in [3.05, 3.63) is 72.9 Å². The van der Waals surface area contributed by atoms with Crippen LogP contribution < -0.4 is 0 Å². The van der Waals surface area contributed by atoms with Crippen molar-refractivity contribution in [3.8, 4) is 0 Å². The standard InChI is InChI=1S/C50H85NO7/c1-6-8-10-12-14-16-18-20-22-23-24-25-26-27-29-30-32-34-36-38-40-48(52)57-45-46(44-56-43-42-47(50(54)55)51(3,4)5)58-49(53)41-39-37-35-33-31-28-21-19-17-15-13-11-9-7-2/h8-11,14-17,20,22,24-25,46-47H,6-7,12-13,18-19,21,23,26-45H2,1-5H3/p+1/b10-8+,11-9+,16-14+,17-15+,22-20+,25-24+. The van der Waals surface area contributed by atoms with Gasteiger partial charge in [-0.05, 0) is 77.0 Å². The third-order valence-corrected chi connectivity index (χ3v) is 9.85. The predicted octanol–water partition coefficient (Wildman–Crippen LogP) is 12.7. The van der Waals surface area contributed by atoms with Crippen molar-refractivity contribution >= 4 is 17.9 Å². The Kier molecular flexibility index (Phi) is 38.3. The zero-order valence-corrected chi connectivity index (χ0v) is 37.7. The van der Waals surface area contributed by atoms with Crippen LogP contribution in [0.25, 0.3) is 0 Å². The Morgan fingerprint density at radius 3 is 1.34 bits per heavy atom. The largest absolute Gasteiger partial charge is 0.477 e. The van der Waals surface area contributed by atoms with Gasteiger partial charge in [0.15, 0.2) is 12.1 Å². The molecule has 0 heterocycles. The number of hydrogen-bond donors (Lipinski definition) is 1. The van der Waals surface area contributed by atoms with Gasteiger partial charge in [-0.25, -0.2) is 4.79 Å². The van der Waals surface area contributed by atoms with Crippen LogP contribution in [0.5, 0.6) is 0 Å². The summed E-state index contributed by atoms with van der Waals surface area (Å²) in [7, 11) is 5.52. The molecular weight excluding hydrogens is 727 g/mol. The summed E-state index contributed by atoms with van der Waals surface area (Å²) in [6, 6.07) is -0.621. The minimum atomic E-state index is -0.881. The Balaban J connectivity index is 4.33. The molecule has 0 aliphatic rings. The number of hydrogen-bond acceptors (Lipinski definition) is 6. The van der Waals surface area contributed by atoms with Crippen molar-refractivity contribution in [1.82, 2.24) is 0 Å². The van der Waals surface area contributed by atoms with Gasteiger partial charge in [-0.1, -0.05) is 151 Å². The quantitative estimate of drug-likeness (QED) is 0.0285. The Labute approximate surface area is 355 Å². The summed E-state index contributed by atoms with van der Waals surface area (Å²) in [4.78, 5) is 37.0. The third-order valence-electron chi connectivity index (χ3n) is 9.85. The molecule has 2 atom stereocenters. The maximum Gasteiger partial charge on any atom is 0.362 e. The van der Waals surface area contributed by atoms with Crippen molar-refractivity contribution in [2.45, 2.75) is 187 Å². The predicted molar refractivity (Wildman–Crippen MR) is 243 cm³/mol. The van der Waals surface area contributed by atoms with Crippen LogP contribution in [0.1, 0.15) is 174 Å². The van der Waals surface area contributed by atoms with Crippen LogP contribution >= 0.6 is 0 Å². The molecule has 0 aromatic rings. The van der Waals surface area contributed by atoms with Gasteiger partial charge >= 0.3 is 17.9 Å². The first-order valence-electron chi connectivity index (χ1n) is 23.0. The molecule has 0 saturated heterocycles. The second-order valence-corrected chi connectivity index (χ2v) is 16.2. The molecule has 1 N–H and O–H groups in total. The van der Waals surface area contributed by atoms with E-state index in [0.717, 1.165) is 89.9 Å². The van der Waals surface area contributed by atoms with Crippen molar-refractivity contribution in [2.75, 3.05) is 41.0 Å². The second-order valence-electron chi connectivity index (χ2n) is 16.2. The molecule has 0 spiro atoms. The normalized spacial score (nSPS) is 13.6. The van der Waals surface area contributed by atoms with Crippen molar-refractivity contribution in [1.29, 1.82) is 0 Å². The van der Waals surface area contributed by atoms with Gasteiger partial charge in [0.2, 0.25) is 0 Å². The third kappa shape index (κ3) is 38.3. The molecule has 0 fully saturated rings. The molecule has 0 rings (SSSR count). The zero-order chi connectivity index (χ0) is 42.8. The Hall–Kier alpha value is -3.23. The zero-order valence-electron chi connectivity index (χ0n) is 37.7. The average molecular weight is 813 g/mol. The van der Waals surface area contributed by atoms with Crippen LogP contribution in [0.15, 0.2) is 72.9 Å². The first kappa shape index (κ1) is 54.8. The Morgan fingerprint density at radius 2 is 0.914 bits per heavy atom. The number of carbonyl (C=O) groups is 3. The number of allylic oxidation sites excluding steroid dienone is 12. The number of ether oxygens (including phenoxy) is 3. The van der Waals surface area contributed by atoms with Gasteiger partial charge in [0.05, 0.1) is 34.4 Å². The molecule has 0 radical (unpaired) electrons. The Morgan fingerprint density at radius 1 is 0.517 bits per heavy atom. The molecule has 0 amide bonds. The Bertz CT molecular complexity index is 1180. The first-order chi connectivity index (χ1) is 28.1. The number of esters is 2. The minimum absolute atomic E-state index is 0.0510. The molecule has 0 aliphatic heterocycles. The van der Waals surface area contributed by atoms with E-state index in [0.29, 0.717) is 19.3 Å². The van der Waals surface area contributed by atoms with Gasteiger partial charge < -0.3 is 23.8 Å². The maximum absolute atomic E-state index is 12.7. The van der Waals surface area contributed by atoms with E-state index in [1.165, 1.54) is 51.4 Å². The summed E-state index contributed by atoms with van der Waals surface area (Å²) < 4.78 is 17.3. The van der Waals surface area contributed by atoms with Crippen molar-refractivity contribution in [3.63, 3.8) is 0 Å². The molecule has 0 saturated carbocycles. The molecule has 0 bridgehead atoms. The summed E-state index contributed by atoms with van der Waals surface area (Å²) in [6.45, 7) is 4.49. The molecular formula is C50H86NO7+. The van der Waals surface area contributed by atoms with E-state index in [1.807, 2.05) is 21.1 Å². The molecule has 58 heavy (non-hydrogen) atoms. The van der Waals surface area contributed by atoms with E-state index >= 15 is 0 Å². The van der Waals surface area contributed by atoms with Crippen LogP contribution in [0.3, 0.4) is 0 Å². The number of likely N-dealkylation sites (N-methyl/N-ethyl adjacent to an activating group) is 1. The fraction of sp³-hybridized carbons (Fsp3) is 0.700. The molecule has 332 valence electrons. The molecule has 0 aromatic carbocycles. The van der Waals surface area contributed by atoms with Gasteiger partial charge in [-0.3, -0.25) is 9.59 Å². The molecule has 0 aliphatic carbocycles. The summed E-state index contributed by atoms with van der Waals surface area (Å²) in [5.41, 5.74) is 0. The number of carboxylic acid groups (broad SMARTS) is 1. The van der Waals surface area contributed by atoms with Gasteiger partial charge in [-0.2, -0.15) is 0 Å². The monoisotopic (exact) mass is 813 g/mol. The lowest BCUT2D eigenvalue weighted by Crippen LogP contribution is -2.50. The number of carbonyl (C=O) groups excluding carboxylic acids is 2. The molecule has 0 aromatic heterocycles. The average Bonchev–Trinajstić information content (AvgIpc) is 3.18. The fourth-order valence-corrected chi connectivity index (χ4v) is 6.35. The van der Waals surface area contributed by atoms with Crippen LogP contribution in [0, 0.1) is 0 Å². The van der Waals surface area contributed by atoms with E-state index < -0.39 is 18.1 Å². The van der Waals surface area contributed by atoms with E-state index in [9.17, 15) is 19.5 Å². The first-order valence-corrected chi connectivity index (χ1v) is 23.0. The van der Waals surface area contributed by atoms with E-state index in [-0.39, 0.29) is 36.2 Å². The number of aliphatic carboxylic acids is 1. The highest BCUT2D eigenvalue weighted by Gasteiger charge is 2.31. The topological polar surface area (TPSA) is 99.1 Å². The van der Waals surface area contributed by atoms with Gasteiger partial charge in [0, 0.05) is 19.3 Å². The van der Waals surface area contributed by atoms with Gasteiger partial charge in [0.1, 0.15) is 6.61 Å². The second kappa shape index (κ2) is 40.5. The number of quaternary nitrogens is 1. The highest BCUT2D eigenvalue weighted by Crippen LogP contribution is 2.14. The number of unbranched alkanes of at least 4 members (excludes halogenated alkanes) is 14. The van der Waals surface area contributed by atoms with Gasteiger partial charge in [0.25, 0.3) is 0 Å². The number of rotatable bonds is 40. The number of nitrogens with zero attached hydrogens (tertiary/aromatic N) is 1. The molecule has 8 heteroatoms. The lowest BCUT2D eigenvalue weighted by molar-refractivity contribution is -0.887. The summed E-state index contributed by atoms with van der Waals surface area (Å²) >= 11 is 0. The highest BCUT2D eigenvalue weighted by atomic mass is 16.6. The fourth-order valence-electron chi connectivity index (χ4n) is 6.35. The lowest BCUT2D eigenvalue weighted by atomic mass is 10.1. The van der Waals surface area contributed by atoms with E-state index in [4.69, 9.17) is 14.2 Å². The van der Waals surface area contributed by atoms with Crippen molar-refractivity contribution in [2.24, 2.45) is 0 Å². The smallest absolute Gasteiger partial charge is 0.362 e. The summed E-state index contributed by atoms with van der Waals surface area (Å²) in [5, 5.41) is 9.63. The minimum Gasteiger partial charge on any atom is -0.477 e. The van der Waals surface area contributed by atoms with Crippen LogP contribution in [0.4, 0.5) is 0 Å².